The lowest BCUT2D eigenvalue weighted by Crippen LogP contribution is -2.18. The average Bonchev–Trinajstić information content (AvgIpc) is 2.96. The van der Waals surface area contributed by atoms with Gasteiger partial charge in [-0.1, -0.05) is 26.0 Å². The van der Waals surface area contributed by atoms with E-state index >= 15 is 0 Å². The number of imidazole rings is 1. The van der Waals surface area contributed by atoms with Gasteiger partial charge in [-0.3, -0.25) is 10.1 Å². The zero-order valence-corrected chi connectivity index (χ0v) is 13.0. The van der Waals surface area contributed by atoms with Crippen LogP contribution >= 0.6 is 0 Å². The molecule has 23 heavy (non-hydrogen) atoms. The highest BCUT2D eigenvalue weighted by Crippen LogP contribution is 2.27. The maximum atomic E-state index is 10.7. The number of hydrogen-bond acceptors (Lipinski definition) is 4. The van der Waals surface area contributed by atoms with E-state index in [1.165, 1.54) is 12.1 Å². The number of nitrogens with zero attached hydrogens (tertiary/aromatic N) is 2. The van der Waals surface area contributed by atoms with Gasteiger partial charge in [-0.25, -0.2) is 4.98 Å². The van der Waals surface area contributed by atoms with E-state index in [0.29, 0.717) is 5.92 Å². The summed E-state index contributed by atoms with van der Waals surface area (Å²) < 4.78 is 0. The monoisotopic (exact) mass is 310 g/mol. The zero-order chi connectivity index (χ0) is 16.4. The minimum Gasteiger partial charge on any atom is -0.375 e. The predicted octanol–water partition coefficient (Wildman–Crippen LogP) is 4.28. The molecule has 6 heteroatoms. The average molecular weight is 310 g/mol. The molecule has 6 nitrogen and oxygen atoms in total. The molecule has 0 amide bonds. The van der Waals surface area contributed by atoms with E-state index in [9.17, 15) is 10.1 Å². The molecule has 0 aliphatic carbocycles. The van der Waals surface area contributed by atoms with Crippen molar-refractivity contribution in [3.8, 4) is 0 Å². The fourth-order valence-corrected chi connectivity index (χ4v) is 2.53. The maximum Gasteiger partial charge on any atom is 0.269 e. The molecule has 0 saturated heterocycles. The molecule has 0 radical (unpaired) electrons. The van der Waals surface area contributed by atoms with Crippen LogP contribution in [0.25, 0.3) is 11.0 Å². The number of aromatic nitrogens is 2. The lowest BCUT2D eigenvalue weighted by atomic mass is 10.0. The summed E-state index contributed by atoms with van der Waals surface area (Å²) in [7, 11) is 0. The van der Waals surface area contributed by atoms with E-state index in [2.05, 4.69) is 29.1 Å². The number of hydrogen-bond donors (Lipinski definition) is 2. The number of nitro groups is 1. The number of benzene rings is 2. The van der Waals surface area contributed by atoms with Crippen LogP contribution in [0.4, 0.5) is 11.4 Å². The zero-order valence-electron chi connectivity index (χ0n) is 13.0. The summed E-state index contributed by atoms with van der Waals surface area (Å²) in [4.78, 5) is 18.3. The summed E-state index contributed by atoms with van der Waals surface area (Å²) in [6.45, 7) is 4.21. The van der Waals surface area contributed by atoms with E-state index in [4.69, 9.17) is 0 Å². The van der Waals surface area contributed by atoms with Crippen molar-refractivity contribution < 1.29 is 4.92 Å². The van der Waals surface area contributed by atoms with E-state index in [1.54, 1.807) is 12.1 Å². The third-order valence-electron chi connectivity index (χ3n) is 3.77. The highest BCUT2D eigenvalue weighted by atomic mass is 16.6. The maximum absolute atomic E-state index is 10.7. The Kier molecular flexibility index (Phi) is 3.97. The largest absolute Gasteiger partial charge is 0.375 e. The van der Waals surface area contributed by atoms with Crippen molar-refractivity contribution in [1.82, 2.24) is 9.97 Å². The second kappa shape index (κ2) is 6.08. The van der Waals surface area contributed by atoms with E-state index in [1.807, 2.05) is 24.3 Å². The minimum atomic E-state index is -0.400. The van der Waals surface area contributed by atoms with Gasteiger partial charge in [0.2, 0.25) is 0 Å². The fraction of sp³-hybridized carbons (Fsp3) is 0.235. The van der Waals surface area contributed by atoms with Gasteiger partial charge < -0.3 is 10.3 Å². The first-order valence-electron chi connectivity index (χ1n) is 7.50. The molecule has 1 atom stereocenters. The van der Waals surface area contributed by atoms with E-state index in [-0.39, 0.29) is 11.7 Å². The second-order valence-electron chi connectivity index (χ2n) is 5.81. The summed E-state index contributed by atoms with van der Waals surface area (Å²) in [5, 5.41) is 14.1. The predicted molar refractivity (Wildman–Crippen MR) is 90.4 cm³/mol. The lowest BCUT2D eigenvalue weighted by Gasteiger charge is -2.21. The molecule has 0 aliphatic heterocycles. The Hall–Kier alpha value is -2.89. The summed E-state index contributed by atoms with van der Waals surface area (Å²) in [6.07, 6.45) is 0. The van der Waals surface area contributed by atoms with E-state index in [0.717, 1.165) is 22.5 Å². The van der Waals surface area contributed by atoms with Gasteiger partial charge in [-0.05, 0) is 30.2 Å². The summed E-state index contributed by atoms with van der Waals surface area (Å²) >= 11 is 0. The molecule has 0 saturated carbocycles. The third kappa shape index (κ3) is 3.15. The van der Waals surface area contributed by atoms with Crippen LogP contribution in [0, 0.1) is 16.0 Å². The standard InChI is InChI=1S/C17H18N4O2/c1-11(2)16(17-19-14-5-3-4-6-15(14)20-17)18-12-7-9-13(10-8-12)21(22)23/h3-11,16,18H,1-2H3,(H,19,20)/t16-/m1/s1. The molecule has 3 aromatic rings. The van der Waals surface area contributed by atoms with Crippen LogP contribution < -0.4 is 5.32 Å². The van der Waals surface area contributed by atoms with Gasteiger partial charge >= 0.3 is 0 Å². The van der Waals surface area contributed by atoms with Crippen LogP contribution in [0.5, 0.6) is 0 Å². The Bertz CT molecular complexity index is 791. The number of fused-ring (bicyclic) bond motifs is 1. The van der Waals surface area contributed by atoms with Gasteiger partial charge in [0.15, 0.2) is 0 Å². The molecule has 0 spiro atoms. The quantitative estimate of drug-likeness (QED) is 0.544. The lowest BCUT2D eigenvalue weighted by molar-refractivity contribution is -0.384. The second-order valence-corrected chi connectivity index (χ2v) is 5.81. The number of nitrogens with one attached hydrogen (secondary N) is 2. The van der Waals surface area contributed by atoms with Crippen LogP contribution in [-0.4, -0.2) is 14.9 Å². The minimum absolute atomic E-state index is 0.0103. The first-order chi connectivity index (χ1) is 11.0. The fourth-order valence-electron chi connectivity index (χ4n) is 2.53. The number of rotatable bonds is 5. The van der Waals surface area contributed by atoms with Gasteiger partial charge in [-0.2, -0.15) is 0 Å². The molecule has 2 aromatic carbocycles. The number of H-pyrrole nitrogens is 1. The topological polar surface area (TPSA) is 83.8 Å². The Morgan fingerprint density at radius 2 is 1.83 bits per heavy atom. The number of para-hydroxylation sites is 2. The summed E-state index contributed by atoms with van der Waals surface area (Å²) in [5.41, 5.74) is 2.84. The molecule has 2 N–H and O–H groups in total. The van der Waals surface area contributed by atoms with Crippen LogP contribution in [0.2, 0.25) is 0 Å². The highest BCUT2D eigenvalue weighted by molar-refractivity contribution is 5.75. The smallest absolute Gasteiger partial charge is 0.269 e. The van der Waals surface area contributed by atoms with Crippen LogP contribution in [0.3, 0.4) is 0 Å². The number of aromatic amines is 1. The molecule has 0 bridgehead atoms. The molecule has 0 fully saturated rings. The first-order valence-corrected chi connectivity index (χ1v) is 7.50. The Morgan fingerprint density at radius 3 is 2.43 bits per heavy atom. The van der Waals surface area contributed by atoms with Crippen LogP contribution in [-0.2, 0) is 0 Å². The van der Waals surface area contributed by atoms with Gasteiger partial charge in [0.1, 0.15) is 5.82 Å². The van der Waals surface area contributed by atoms with Gasteiger partial charge in [-0.15, -0.1) is 0 Å². The number of nitro benzene ring substituents is 1. The Labute approximate surface area is 133 Å². The van der Waals surface area contributed by atoms with Gasteiger partial charge in [0, 0.05) is 17.8 Å². The van der Waals surface area contributed by atoms with Gasteiger partial charge in [0.05, 0.1) is 22.0 Å². The number of non-ortho nitro benzene ring substituents is 1. The van der Waals surface area contributed by atoms with Crippen molar-refractivity contribution in [3.63, 3.8) is 0 Å². The van der Waals surface area contributed by atoms with Crippen molar-refractivity contribution >= 4 is 22.4 Å². The first kappa shape index (κ1) is 15.0. The summed E-state index contributed by atoms with van der Waals surface area (Å²) in [5.74, 6) is 1.16. The molecule has 3 rings (SSSR count). The summed E-state index contributed by atoms with van der Waals surface area (Å²) in [6, 6.07) is 14.3. The molecular formula is C17H18N4O2. The van der Waals surface area contributed by atoms with E-state index < -0.39 is 4.92 Å². The molecule has 118 valence electrons. The highest BCUT2D eigenvalue weighted by Gasteiger charge is 2.19. The van der Waals surface area contributed by atoms with Crippen molar-refractivity contribution in [1.29, 1.82) is 0 Å². The van der Waals surface area contributed by atoms with Crippen molar-refractivity contribution in [2.24, 2.45) is 5.92 Å². The third-order valence-corrected chi connectivity index (χ3v) is 3.77. The number of anilines is 1. The SMILES string of the molecule is CC(C)[C@@H](Nc1ccc([N+](=O)[O-])cc1)c1nc2ccccc2[nH]1. The Balaban J connectivity index is 1.88. The van der Waals surface area contributed by atoms with Crippen molar-refractivity contribution in [3.05, 3.63) is 64.5 Å². The van der Waals surface area contributed by atoms with Crippen molar-refractivity contribution in [2.75, 3.05) is 5.32 Å². The van der Waals surface area contributed by atoms with Crippen LogP contribution in [0.15, 0.2) is 48.5 Å². The molecule has 0 unspecified atom stereocenters. The Morgan fingerprint density at radius 1 is 1.13 bits per heavy atom. The van der Waals surface area contributed by atoms with Crippen LogP contribution in [0.1, 0.15) is 25.7 Å². The van der Waals surface area contributed by atoms with Gasteiger partial charge in [0.25, 0.3) is 5.69 Å². The molecule has 1 aromatic heterocycles. The molecule has 1 heterocycles. The normalized spacial score (nSPS) is 12.5. The molecular weight excluding hydrogens is 292 g/mol. The molecule has 0 aliphatic rings. The van der Waals surface area contributed by atoms with Crippen molar-refractivity contribution in [2.45, 2.75) is 19.9 Å².